The third-order valence-corrected chi connectivity index (χ3v) is 5.74. The topological polar surface area (TPSA) is 81.8 Å². The molecule has 0 spiro atoms. The zero-order valence-corrected chi connectivity index (χ0v) is 15.5. The second-order valence-corrected chi connectivity index (χ2v) is 7.59. The van der Waals surface area contributed by atoms with Gasteiger partial charge in [-0.3, -0.25) is 19.7 Å². The minimum atomic E-state index is -0.546. The summed E-state index contributed by atoms with van der Waals surface area (Å²) in [4.78, 5) is 40.3. The monoisotopic (exact) mass is 370 g/mol. The third-order valence-electron chi connectivity index (χ3n) is 5.74. The summed E-state index contributed by atoms with van der Waals surface area (Å²) in [5, 5.41) is 5.76. The zero-order valence-electron chi connectivity index (χ0n) is 15.5. The highest BCUT2D eigenvalue weighted by molar-refractivity contribution is 6.05. The van der Waals surface area contributed by atoms with Crippen molar-refractivity contribution in [3.63, 3.8) is 0 Å². The molecule has 144 valence electrons. The normalized spacial score (nSPS) is 23.9. The molecule has 3 amide bonds. The molecule has 3 aliphatic rings. The molecular weight excluding hydrogens is 344 g/mol. The maximum atomic E-state index is 12.7. The lowest BCUT2D eigenvalue weighted by molar-refractivity contribution is -0.136. The molecular formula is C20H26N4O3. The summed E-state index contributed by atoms with van der Waals surface area (Å²) in [6.07, 6.45) is 2.83. The second-order valence-electron chi connectivity index (χ2n) is 7.59. The fourth-order valence-corrected chi connectivity index (χ4v) is 4.20. The summed E-state index contributed by atoms with van der Waals surface area (Å²) < 4.78 is 0. The van der Waals surface area contributed by atoms with Gasteiger partial charge in [-0.15, -0.1) is 0 Å². The highest BCUT2D eigenvalue weighted by Crippen LogP contribution is 2.28. The maximum absolute atomic E-state index is 12.7. The average Bonchev–Trinajstić information content (AvgIpc) is 2.83. The number of nitrogens with one attached hydrogen (secondary N) is 2. The highest BCUT2D eigenvalue weighted by Gasteiger charge is 2.39. The van der Waals surface area contributed by atoms with E-state index in [0.29, 0.717) is 18.5 Å². The summed E-state index contributed by atoms with van der Waals surface area (Å²) in [7, 11) is 0. The van der Waals surface area contributed by atoms with E-state index in [1.807, 2.05) is 12.1 Å². The molecule has 0 saturated carbocycles. The number of imide groups is 1. The van der Waals surface area contributed by atoms with E-state index in [-0.39, 0.29) is 24.1 Å². The van der Waals surface area contributed by atoms with Gasteiger partial charge in [0.25, 0.3) is 5.91 Å². The Morgan fingerprint density at radius 2 is 2.00 bits per heavy atom. The molecule has 2 fully saturated rings. The fraction of sp³-hybridized carbons (Fsp3) is 0.550. The molecule has 7 heteroatoms. The molecule has 7 nitrogen and oxygen atoms in total. The van der Waals surface area contributed by atoms with Crippen LogP contribution in [0.5, 0.6) is 0 Å². The Bertz CT molecular complexity index is 756. The van der Waals surface area contributed by atoms with Crippen molar-refractivity contribution < 1.29 is 14.4 Å². The van der Waals surface area contributed by atoms with Gasteiger partial charge in [-0.2, -0.15) is 0 Å². The number of nitrogens with zero attached hydrogens (tertiary/aromatic N) is 2. The van der Waals surface area contributed by atoms with Crippen molar-refractivity contribution in [2.45, 2.75) is 38.3 Å². The quantitative estimate of drug-likeness (QED) is 0.745. The number of benzene rings is 1. The summed E-state index contributed by atoms with van der Waals surface area (Å²) in [5.74, 6) is -0.724. The van der Waals surface area contributed by atoms with Crippen LogP contribution >= 0.6 is 0 Å². The average molecular weight is 370 g/mol. The predicted molar refractivity (Wildman–Crippen MR) is 100 cm³/mol. The van der Waals surface area contributed by atoms with Crippen molar-refractivity contribution >= 4 is 17.7 Å². The van der Waals surface area contributed by atoms with Crippen LogP contribution in [-0.4, -0.2) is 66.3 Å². The first-order chi connectivity index (χ1) is 13.1. The molecule has 1 aromatic rings. The molecule has 27 heavy (non-hydrogen) atoms. The Labute approximate surface area is 159 Å². The van der Waals surface area contributed by atoms with Crippen LogP contribution in [0.15, 0.2) is 18.2 Å². The van der Waals surface area contributed by atoms with Crippen molar-refractivity contribution in [3.05, 3.63) is 34.9 Å². The standard InChI is InChI=1S/C20H26N4O3/c25-18-5-4-17(19(26)22-18)24-13-15-12-14(2-3-16(15)20(24)27)6-10-23-9-1-7-21-8-11-23/h2-3,12,17,21H,1,4-11,13H2,(H,22,25,26)/t17-/m0/s1. The molecule has 0 radical (unpaired) electrons. The van der Waals surface area contributed by atoms with Crippen LogP contribution in [-0.2, 0) is 22.6 Å². The minimum Gasteiger partial charge on any atom is -0.322 e. The molecule has 1 aromatic carbocycles. The molecule has 3 aliphatic heterocycles. The Balaban J connectivity index is 1.41. The van der Waals surface area contributed by atoms with Gasteiger partial charge in [-0.25, -0.2) is 0 Å². The largest absolute Gasteiger partial charge is 0.322 e. The first kappa shape index (κ1) is 18.1. The predicted octanol–water partition coefficient (Wildman–Crippen LogP) is 0.285. The van der Waals surface area contributed by atoms with Gasteiger partial charge in [-0.05, 0) is 49.5 Å². The van der Waals surface area contributed by atoms with Crippen molar-refractivity contribution in [2.24, 2.45) is 0 Å². The molecule has 0 aromatic heterocycles. The summed E-state index contributed by atoms with van der Waals surface area (Å²) >= 11 is 0. The van der Waals surface area contributed by atoms with Crippen LogP contribution in [0, 0.1) is 0 Å². The number of carbonyl (C=O) groups is 3. The van der Waals surface area contributed by atoms with Gasteiger partial charge >= 0.3 is 0 Å². The van der Waals surface area contributed by atoms with Crippen molar-refractivity contribution in [2.75, 3.05) is 32.7 Å². The number of fused-ring (bicyclic) bond motifs is 1. The number of amides is 3. The third kappa shape index (κ3) is 3.89. The van der Waals surface area contributed by atoms with E-state index in [9.17, 15) is 14.4 Å². The molecule has 2 saturated heterocycles. The van der Waals surface area contributed by atoms with Crippen molar-refractivity contribution in [1.29, 1.82) is 0 Å². The van der Waals surface area contributed by atoms with Crippen LogP contribution in [0.2, 0.25) is 0 Å². The molecule has 1 atom stereocenters. The lowest BCUT2D eigenvalue weighted by Crippen LogP contribution is -2.52. The smallest absolute Gasteiger partial charge is 0.255 e. The van der Waals surface area contributed by atoms with Gasteiger partial charge in [0.05, 0.1) is 0 Å². The van der Waals surface area contributed by atoms with Gasteiger partial charge in [-0.1, -0.05) is 12.1 Å². The van der Waals surface area contributed by atoms with Gasteiger partial charge in [0, 0.05) is 38.2 Å². The molecule has 0 unspecified atom stereocenters. The van der Waals surface area contributed by atoms with Crippen LogP contribution in [0.25, 0.3) is 0 Å². The highest BCUT2D eigenvalue weighted by atomic mass is 16.2. The van der Waals surface area contributed by atoms with Gasteiger partial charge < -0.3 is 15.1 Å². The Kier molecular flexibility index (Phi) is 5.22. The number of carbonyl (C=O) groups excluding carboxylic acids is 3. The molecule has 0 bridgehead atoms. The number of rotatable bonds is 4. The van der Waals surface area contributed by atoms with Crippen molar-refractivity contribution in [1.82, 2.24) is 20.4 Å². The molecule has 3 heterocycles. The fourth-order valence-electron chi connectivity index (χ4n) is 4.20. The summed E-state index contributed by atoms with van der Waals surface area (Å²) in [5.41, 5.74) is 2.89. The van der Waals surface area contributed by atoms with Gasteiger partial charge in [0.15, 0.2) is 0 Å². The summed E-state index contributed by atoms with van der Waals surface area (Å²) in [6.45, 7) is 5.80. The first-order valence-corrected chi connectivity index (χ1v) is 9.81. The van der Waals surface area contributed by atoms with Crippen LogP contribution in [0.4, 0.5) is 0 Å². The van der Waals surface area contributed by atoms with E-state index >= 15 is 0 Å². The minimum absolute atomic E-state index is 0.107. The number of hydrogen-bond donors (Lipinski definition) is 2. The Hall–Kier alpha value is -2.25. The lowest BCUT2D eigenvalue weighted by Gasteiger charge is -2.29. The van der Waals surface area contributed by atoms with E-state index in [2.05, 4.69) is 21.6 Å². The van der Waals surface area contributed by atoms with Gasteiger partial charge in [0.1, 0.15) is 6.04 Å². The lowest BCUT2D eigenvalue weighted by atomic mass is 10.0. The van der Waals surface area contributed by atoms with E-state index in [1.54, 1.807) is 4.90 Å². The van der Waals surface area contributed by atoms with Crippen LogP contribution in [0.1, 0.15) is 40.7 Å². The van der Waals surface area contributed by atoms with E-state index < -0.39 is 6.04 Å². The van der Waals surface area contributed by atoms with Crippen LogP contribution in [0.3, 0.4) is 0 Å². The molecule has 4 rings (SSSR count). The maximum Gasteiger partial charge on any atom is 0.255 e. The van der Waals surface area contributed by atoms with E-state index in [0.717, 1.165) is 44.7 Å². The summed E-state index contributed by atoms with van der Waals surface area (Å²) in [6, 6.07) is 5.48. The zero-order chi connectivity index (χ0) is 18.8. The molecule has 0 aliphatic carbocycles. The van der Waals surface area contributed by atoms with Crippen molar-refractivity contribution in [3.8, 4) is 0 Å². The van der Waals surface area contributed by atoms with Crippen LogP contribution < -0.4 is 10.6 Å². The SMILES string of the molecule is O=C1CC[C@H](N2Cc3cc(CCN4CCCNCC4)ccc3C2=O)C(=O)N1. The second kappa shape index (κ2) is 7.78. The Morgan fingerprint density at radius 1 is 1.11 bits per heavy atom. The van der Waals surface area contributed by atoms with Gasteiger partial charge in [0.2, 0.25) is 11.8 Å². The molecule has 2 N–H and O–H groups in total. The number of piperidine rings is 1. The number of hydrogen-bond acceptors (Lipinski definition) is 5. The first-order valence-electron chi connectivity index (χ1n) is 9.81. The Morgan fingerprint density at radius 3 is 2.85 bits per heavy atom. The van der Waals surface area contributed by atoms with E-state index in [4.69, 9.17) is 0 Å². The van der Waals surface area contributed by atoms with E-state index in [1.165, 1.54) is 12.0 Å².